The van der Waals surface area contributed by atoms with Crippen LogP contribution in [0.1, 0.15) is 31.4 Å². The minimum atomic E-state index is -0.0341. The van der Waals surface area contributed by atoms with Crippen molar-refractivity contribution in [1.82, 2.24) is 14.9 Å². The van der Waals surface area contributed by atoms with Crippen LogP contribution >= 0.6 is 11.3 Å². The smallest absolute Gasteiger partial charge is 0.324 e. The summed E-state index contributed by atoms with van der Waals surface area (Å²) in [5, 5.41) is 5.55. The zero-order valence-corrected chi connectivity index (χ0v) is 14.3. The SMILES string of the molecule is Cc1csc(NC(=O)N2C3CCC2CC(Oc2ccccn2)C3)n1. The average molecular weight is 344 g/mol. The maximum atomic E-state index is 12.6. The Kier molecular flexibility index (Phi) is 4.10. The van der Waals surface area contributed by atoms with E-state index in [1.54, 1.807) is 6.20 Å². The number of amides is 2. The molecule has 0 radical (unpaired) electrons. The average Bonchev–Trinajstić information content (AvgIpc) is 3.09. The number of hydrogen-bond donors (Lipinski definition) is 1. The van der Waals surface area contributed by atoms with Gasteiger partial charge in [0.2, 0.25) is 5.88 Å². The van der Waals surface area contributed by atoms with Gasteiger partial charge >= 0.3 is 6.03 Å². The molecule has 2 bridgehead atoms. The van der Waals surface area contributed by atoms with Gasteiger partial charge in [-0.1, -0.05) is 6.07 Å². The van der Waals surface area contributed by atoms with E-state index in [4.69, 9.17) is 4.74 Å². The highest BCUT2D eigenvalue weighted by Crippen LogP contribution is 2.37. The van der Waals surface area contributed by atoms with Crippen LogP contribution in [-0.2, 0) is 0 Å². The van der Waals surface area contributed by atoms with Crippen molar-refractivity contribution in [2.45, 2.75) is 50.8 Å². The minimum Gasteiger partial charge on any atom is -0.474 e. The van der Waals surface area contributed by atoms with Gasteiger partial charge in [0.15, 0.2) is 5.13 Å². The third-order valence-corrected chi connectivity index (χ3v) is 5.56. The van der Waals surface area contributed by atoms with E-state index in [-0.39, 0.29) is 24.2 Å². The van der Waals surface area contributed by atoms with E-state index in [1.165, 1.54) is 11.3 Å². The van der Waals surface area contributed by atoms with Gasteiger partial charge < -0.3 is 9.64 Å². The van der Waals surface area contributed by atoms with Crippen molar-refractivity contribution in [3.63, 3.8) is 0 Å². The number of nitrogens with zero attached hydrogens (tertiary/aromatic N) is 3. The van der Waals surface area contributed by atoms with E-state index in [1.807, 2.05) is 35.4 Å². The number of urea groups is 1. The van der Waals surface area contributed by atoms with Crippen LogP contribution in [0, 0.1) is 6.92 Å². The third kappa shape index (κ3) is 3.08. The molecule has 126 valence electrons. The van der Waals surface area contributed by atoms with E-state index in [2.05, 4.69) is 15.3 Å². The number of carbonyl (C=O) groups is 1. The van der Waals surface area contributed by atoms with Crippen LogP contribution in [-0.4, -0.2) is 39.1 Å². The Morgan fingerprint density at radius 2 is 2.12 bits per heavy atom. The Hall–Kier alpha value is -2.15. The fraction of sp³-hybridized carbons (Fsp3) is 0.471. The molecule has 24 heavy (non-hydrogen) atoms. The second kappa shape index (κ2) is 6.39. The molecule has 6 nitrogen and oxygen atoms in total. The van der Waals surface area contributed by atoms with Gasteiger partial charge in [-0.25, -0.2) is 14.8 Å². The van der Waals surface area contributed by atoms with Crippen LogP contribution in [0.3, 0.4) is 0 Å². The maximum absolute atomic E-state index is 12.6. The second-order valence-electron chi connectivity index (χ2n) is 6.40. The number of carbonyl (C=O) groups excluding carboxylic acids is 1. The zero-order valence-electron chi connectivity index (χ0n) is 13.5. The number of pyridine rings is 1. The fourth-order valence-electron chi connectivity index (χ4n) is 3.71. The first-order valence-corrected chi connectivity index (χ1v) is 9.16. The number of anilines is 1. The summed E-state index contributed by atoms with van der Waals surface area (Å²) < 4.78 is 6.01. The van der Waals surface area contributed by atoms with E-state index in [0.29, 0.717) is 11.0 Å². The normalized spacial score (nSPS) is 25.5. The molecule has 2 aliphatic heterocycles. The van der Waals surface area contributed by atoms with Crippen molar-refractivity contribution in [3.05, 3.63) is 35.5 Å². The molecule has 0 aromatic carbocycles. The number of hydrogen-bond acceptors (Lipinski definition) is 5. The monoisotopic (exact) mass is 344 g/mol. The highest BCUT2D eigenvalue weighted by atomic mass is 32.1. The Labute approximate surface area is 144 Å². The number of aryl methyl sites for hydroxylation is 1. The van der Waals surface area contributed by atoms with Crippen molar-refractivity contribution in [2.24, 2.45) is 0 Å². The molecular weight excluding hydrogens is 324 g/mol. The van der Waals surface area contributed by atoms with E-state index >= 15 is 0 Å². The van der Waals surface area contributed by atoms with Crippen LogP contribution in [0.5, 0.6) is 5.88 Å². The van der Waals surface area contributed by atoms with Gasteiger partial charge in [-0.2, -0.15) is 0 Å². The third-order valence-electron chi connectivity index (χ3n) is 4.68. The largest absolute Gasteiger partial charge is 0.474 e. The van der Waals surface area contributed by atoms with Gasteiger partial charge in [0.1, 0.15) is 6.10 Å². The number of piperidine rings is 1. The van der Waals surface area contributed by atoms with Crippen molar-refractivity contribution in [1.29, 1.82) is 0 Å². The van der Waals surface area contributed by atoms with Crippen LogP contribution in [0.4, 0.5) is 9.93 Å². The molecule has 2 amide bonds. The molecule has 2 fully saturated rings. The number of rotatable bonds is 3. The highest BCUT2D eigenvalue weighted by molar-refractivity contribution is 7.13. The van der Waals surface area contributed by atoms with Gasteiger partial charge in [0.25, 0.3) is 0 Å². The topological polar surface area (TPSA) is 67.4 Å². The Morgan fingerprint density at radius 3 is 2.75 bits per heavy atom. The zero-order chi connectivity index (χ0) is 16.5. The fourth-order valence-corrected chi connectivity index (χ4v) is 4.39. The summed E-state index contributed by atoms with van der Waals surface area (Å²) in [5.74, 6) is 0.665. The van der Waals surface area contributed by atoms with Crippen molar-refractivity contribution in [3.8, 4) is 5.88 Å². The van der Waals surface area contributed by atoms with E-state index < -0.39 is 0 Å². The summed E-state index contributed by atoms with van der Waals surface area (Å²) in [6, 6.07) is 6.12. The summed E-state index contributed by atoms with van der Waals surface area (Å²) in [6.07, 6.45) is 5.66. The number of ether oxygens (including phenoxy) is 1. The van der Waals surface area contributed by atoms with Crippen molar-refractivity contribution < 1.29 is 9.53 Å². The predicted octanol–water partition coefficient (Wildman–Crippen LogP) is 3.45. The lowest BCUT2D eigenvalue weighted by Gasteiger charge is -2.38. The van der Waals surface area contributed by atoms with Crippen molar-refractivity contribution >= 4 is 22.5 Å². The van der Waals surface area contributed by atoms with Crippen LogP contribution in [0.25, 0.3) is 0 Å². The first-order valence-electron chi connectivity index (χ1n) is 8.28. The van der Waals surface area contributed by atoms with Crippen molar-refractivity contribution in [2.75, 3.05) is 5.32 Å². The predicted molar refractivity (Wildman–Crippen MR) is 92.4 cm³/mol. The molecule has 2 atom stereocenters. The van der Waals surface area contributed by atoms with E-state index in [0.717, 1.165) is 31.4 Å². The summed E-state index contributed by atoms with van der Waals surface area (Å²) >= 11 is 1.46. The first-order chi connectivity index (χ1) is 11.7. The summed E-state index contributed by atoms with van der Waals surface area (Å²) in [4.78, 5) is 23.2. The molecule has 2 saturated heterocycles. The molecule has 0 aliphatic carbocycles. The lowest BCUT2D eigenvalue weighted by molar-refractivity contribution is 0.0704. The first kappa shape index (κ1) is 15.4. The number of aromatic nitrogens is 2. The standard InChI is InChI=1S/C17H20N4O2S/c1-11-10-24-16(19-11)20-17(22)21-12-5-6-13(21)9-14(8-12)23-15-4-2-3-7-18-15/h2-4,7,10,12-14H,5-6,8-9H2,1H3,(H,19,20,22). The molecule has 4 rings (SSSR count). The lowest BCUT2D eigenvalue weighted by atomic mass is 10.00. The summed E-state index contributed by atoms with van der Waals surface area (Å²) in [5.41, 5.74) is 0.931. The quantitative estimate of drug-likeness (QED) is 0.926. The molecule has 2 aromatic heterocycles. The second-order valence-corrected chi connectivity index (χ2v) is 7.25. The van der Waals surface area contributed by atoms with Crippen LogP contribution in [0.2, 0.25) is 0 Å². The molecule has 4 heterocycles. The minimum absolute atomic E-state index is 0.0341. The highest BCUT2D eigenvalue weighted by Gasteiger charge is 2.44. The maximum Gasteiger partial charge on any atom is 0.324 e. The van der Waals surface area contributed by atoms with Gasteiger partial charge in [0.05, 0.1) is 5.69 Å². The molecule has 2 unspecified atom stereocenters. The lowest BCUT2D eigenvalue weighted by Crippen LogP contribution is -2.50. The molecule has 0 saturated carbocycles. The van der Waals surface area contributed by atoms with Gasteiger partial charge in [-0.3, -0.25) is 5.32 Å². The molecular formula is C17H20N4O2S. The molecule has 0 spiro atoms. The molecule has 2 aliphatic rings. The molecule has 2 aromatic rings. The van der Waals surface area contributed by atoms with Gasteiger partial charge in [-0.15, -0.1) is 11.3 Å². The summed E-state index contributed by atoms with van der Waals surface area (Å²) in [6.45, 7) is 1.93. The Morgan fingerprint density at radius 1 is 1.33 bits per heavy atom. The summed E-state index contributed by atoms with van der Waals surface area (Å²) in [7, 11) is 0. The Balaban J connectivity index is 1.40. The number of thiazole rings is 1. The molecule has 1 N–H and O–H groups in total. The number of nitrogens with one attached hydrogen (secondary N) is 1. The van der Waals surface area contributed by atoms with Gasteiger partial charge in [0, 0.05) is 42.6 Å². The van der Waals surface area contributed by atoms with E-state index in [9.17, 15) is 4.79 Å². The van der Waals surface area contributed by atoms with Crippen LogP contribution in [0.15, 0.2) is 29.8 Å². The van der Waals surface area contributed by atoms with Gasteiger partial charge in [-0.05, 0) is 25.8 Å². The number of fused-ring (bicyclic) bond motifs is 2. The Bertz CT molecular complexity index is 706. The van der Waals surface area contributed by atoms with Crippen LogP contribution < -0.4 is 10.1 Å². The molecule has 7 heteroatoms.